The summed E-state index contributed by atoms with van der Waals surface area (Å²) in [6.07, 6.45) is 1.42. The number of nitrogens with two attached hydrogens (primary N) is 1. The Hall–Kier alpha value is -1.69. The molecule has 0 spiro atoms. The van der Waals surface area contributed by atoms with Crippen molar-refractivity contribution in [3.63, 3.8) is 0 Å². The third-order valence-corrected chi connectivity index (χ3v) is 2.94. The van der Waals surface area contributed by atoms with Crippen LogP contribution in [0.15, 0.2) is 12.4 Å². The molecular weight excluding hydrogens is 210 g/mol. The molecule has 0 bridgehead atoms. The first-order valence-corrected chi connectivity index (χ1v) is 5.25. The first-order chi connectivity index (χ1) is 7.15. The molecular formula is C9H11N5S. The summed E-state index contributed by atoms with van der Waals surface area (Å²) in [6, 6.07) is 1.67. The zero-order chi connectivity index (χ0) is 10.8. The monoisotopic (exact) mass is 221 g/mol. The van der Waals surface area contributed by atoms with Gasteiger partial charge in [0.2, 0.25) is 0 Å². The average Bonchev–Trinajstić information content (AvgIpc) is 2.45. The quantitative estimate of drug-likeness (QED) is 0.809. The summed E-state index contributed by atoms with van der Waals surface area (Å²) in [5, 5.41) is 3.90. The van der Waals surface area contributed by atoms with E-state index in [1.165, 1.54) is 11.2 Å². The minimum absolute atomic E-state index is 0.442. The number of anilines is 3. The zero-order valence-corrected chi connectivity index (χ0v) is 9.30. The molecule has 2 rings (SSSR count). The fourth-order valence-electron chi connectivity index (χ4n) is 1.08. The van der Waals surface area contributed by atoms with Crippen LogP contribution in [-0.2, 0) is 0 Å². The van der Waals surface area contributed by atoms with Crippen LogP contribution in [-0.4, -0.2) is 15.0 Å². The van der Waals surface area contributed by atoms with Gasteiger partial charge in [-0.3, -0.25) is 0 Å². The number of nitrogen functional groups attached to an aromatic ring is 1. The van der Waals surface area contributed by atoms with Crippen molar-refractivity contribution in [1.82, 2.24) is 15.0 Å². The van der Waals surface area contributed by atoms with Gasteiger partial charge < -0.3 is 11.1 Å². The highest BCUT2D eigenvalue weighted by Gasteiger charge is 2.04. The minimum atomic E-state index is 0.442. The Morgan fingerprint density at radius 2 is 2.13 bits per heavy atom. The molecule has 0 unspecified atom stereocenters. The third-order valence-electron chi connectivity index (χ3n) is 1.95. The second-order valence-corrected chi connectivity index (χ2v) is 4.32. The Morgan fingerprint density at radius 3 is 2.73 bits per heavy atom. The van der Waals surface area contributed by atoms with Crippen molar-refractivity contribution in [2.24, 2.45) is 0 Å². The number of hydrogen-bond donors (Lipinski definition) is 2. The Kier molecular flexibility index (Phi) is 2.51. The van der Waals surface area contributed by atoms with Crippen LogP contribution in [0.5, 0.6) is 0 Å². The van der Waals surface area contributed by atoms with Gasteiger partial charge in [0, 0.05) is 10.9 Å². The molecule has 0 atom stereocenters. The molecule has 6 heteroatoms. The van der Waals surface area contributed by atoms with Crippen LogP contribution < -0.4 is 11.1 Å². The molecule has 0 aliphatic carbocycles. The molecule has 0 amide bonds. The van der Waals surface area contributed by atoms with E-state index in [0.717, 1.165) is 10.8 Å². The molecule has 78 valence electrons. The maximum Gasteiger partial charge on any atom is 0.188 e. The second kappa shape index (κ2) is 3.82. The Morgan fingerprint density at radius 1 is 1.33 bits per heavy atom. The molecule has 15 heavy (non-hydrogen) atoms. The van der Waals surface area contributed by atoms with Crippen LogP contribution in [0.3, 0.4) is 0 Å². The van der Waals surface area contributed by atoms with Gasteiger partial charge in [-0.2, -0.15) is 0 Å². The van der Waals surface area contributed by atoms with E-state index in [1.807, 2.05) is 13.8 Å². The van der Waals surface area contributed by atoms with Crippen molar-refractivity contribution in [2.75, 3.05) is 11.1 Å². The van der Waals surface area contributed by atoms with Crippen molar-refractivity contribution in [3.05, 3.63) is 23.0 Å². The molecule has 0 saturated heterocycles. The van der Waals surface area contributed by atoms with Crippen LogP contribution in [0.25, 0.3) is 0 Å². The Balaban J connectivity index is 2.22. The molecule has 2 aromatic rings. The lowest BCUT2D eigenvalue weighted by atomic mass is 10.4. The highest BCUT2D eigenvalue weighted by molar-refractivity contribution is 7.15. The van der Waals surface area contributed by atoms with Gasteiger partial charge in [-0.1, -0.05) is 0 Å². The van der Waals surface area contributed by atoms with E-state index in [9.17, 15) is 0 Å². The Labute approximate surface area is 91.4 Å². The van der Waals surface area contributed by atoms with E-state index in [-0.39, 0.29) is 0 Å². The predicted octanol–water partition coefficient (Wildman–Crippen LogP) is 1.88. The summed E-state index contributed by atoms with van der Waals surface area (Å²) >= 11 is 1.59. The summed E-state index contributed by atoms with van der Waals surface area (Å²) in [7, 11) is 0. The van der Waals surface area contributed by atoms with Crippen LogP contribution in [0.4, 0.5) is 16.8 Å². The summed E-state index contributed by atoms with van der Waals surface area (Å²) in [5.74, 6) is 1.11. The van der Waals surface area contributed by atoms with Crippen LogP contribution in [0.1, 0.15) is 10.6 Å². The van der Waals surface area contributed by atoms with Gasteiger partial charge in [0.1, 0.15) is 18.0 Å². The largest absolute Gasteiger partial charge is 0.384 e. The normalized spacial score (nSPS) is 10.3. The van der Waals surface area contributed by atoms with Gasteiger partial charge in [0.05, 0.1) is 5.69 Å². The van der Waals surface area contributed by atoms with Gasteiger partial charge >= 0.3 is 0 Å². The van der Waals surface area contributed by atoms with Crippen LogP contribution in [0.2, 0.25) is 0 Å². The fraction of sp³-hybridized carbons (Fsp3) is 0.222. The zero-order valence-electron chi connectivity index (χ0n) is 8.48. The first kappa shape index (κ1) is 9.85. The van der Waals surface area contributed by atoms with E-state index in [0.29, 0.717) is 11.6 Å². The van der Waals surface area contributed by atoms with Crippen molar-refractivity contribution in [3.8, 4) is 0 Å². The van der Waals surface area contributed by atoms with Gasteiger partial charge in [0.25, 0.3) is 0 Å². The molecule has 3 N–H and O–H groups in total. The average molecular weight is 221 g/mol. The smallest absolute Gasteiger partial charge is 0.188 e. The van der Waals surface area contributed by atoms with E-state index in [1.54, 1.807) is 17.4 Å². The number of hydrogen-bond acceptors (Lipinski definition) is 6. The number of aromatic nitrogens is 3. The van der Waals surface area contributed by atoms with Crippen molar-refractivity contribution < 1.29 is 0 Å². The molecule has 0 aliphatic rings. The number of rotatable bonds is 2. The molecule has 0 radical (unpaired) electrons. The van der Waals surface area contributed by atoms with E-state index < -0.39 is 0 Å². The minimum Gasteiger partial charge on any atom is -0.384 e. The van der Waals surface area contributed by atoms with Gasteiger partial charge in [-0.25, -0.2) is 15.0 Å². The topological polar surface area (TPSA) is 76.7 Å². The van der Waals surface area contributed by atoms with Gasteiger partial charge in [0.15, 0.2) is 5.13 Å². The standard InChI is InChI=1S/C9H11N5S/c1-5-6(2)15-9(13-5)14-8-3-7(10)11-4-12-8/h3-4H,1-2H3,(H3,10,11,12,13,14). The van der Waals surface area contributed by atoms with Crippen molar-refractivity contribution in [1.29, 1.82) is 0 Å². The molecule has 5 nitrogen and oxygen atoms in total. The SMILES string of the molecule is Cc1nc(Nc2cc(N)ncn2)sc1C. The van der Waals surface area contributed by atoms with Crippen LogP contribution in [0, 0.1) is 13.8 Å². The molecule has 0 saturated carbocycles. The van der Waals surface area contributed by atoms with Gasteiger partial charge in [-0.05, 0) is 13.8 Å². The molecule has 0 aliphatic heterocycles. The highest BCUT2D eigenvalue weighted by Crippen LogP contribution is 2.23. The van der Waals surface area contributed by atoms with Crippen molar-refractivity contribution in [2.45, 2.75) is 13.8 Å². The van der Waals surface area contributed by atoms with Gasteiger partial charge in [-0.15, -0.1) is 11.3 Å². The summed E-state index contributed by atoms with van der Waals surface area (Å²) in [6.45, 7) is 4.01. The lowest BCUT2D eigenvalue weighted by molar-refractivity contribution is 1.16. The molecule has 0 aromatic carbocycles. The number of nitrogens with zero attached hydrogens (tertiary/aromatic N) is 3. The van der Waals surface area contributed by atoms with Crippen molar-refractivity contribution >= 4 is 28.1 Å². The molecule has 2 heterocycles. The summed E-state index contributed by atoms with van der Waals surface area (Å²) in [4.78, 5) is 13.4. The summed E-state index contributed by atoms with van der Waals surface area (Å²) in [5.41, 5.74) is 6.57. The molecule has 2 aromatic heterocycles. The van der Waals surface area contributed by atoms with E-state index >= 15 is 0 Å². The second-order valence-electron chi connectivity index (χ2n) is 3.11. The first-order valence-electron chi connectivity index (χ1n) is 4.44. The lowest BCUT2D eigenvalue weighted by Crippen LogP contribution is -1.96. The van der Waals surface area contributed by atoms with E-state index in [4.69, 9.17) is 5.73 Å². The number of aryl methyl sites for hydroxylation is 2. The highest BCUT2D eigenvalue weighted by atomic mass is 32.1. The molecule has 0 fully saturated rings. The third kappa shape index (κ3) is 2.21. The van der Waals surface area contributed by atoms with E-state index in [2.05, 4.69) is 20.3 Å². The number of nitrogens with one attached hydrogen (secondary N) is 1. The Bertz CT molecular complexity index is 460. The summed E-state index contributed by atoms with van der Waals surface area (Å²) < 4.78 is 0. The van der Waals surface area contributed by atoms with Crippen LogP contribution >= 0.6 is 11.3 Å². The maximum absolute atomic E-state index is 5.54. The maximum atomic E-state index is 5.54. The fourth-order valence-corrected chi connectivity index (χ4v) is 1.90. The lowest BCUT2D eigenvalue weighted by Gasteiger charge is -2.00. The number of thiazole rings is 1. The predicted molar refractivity (Wildman–Crippen MR) is 61.3 cm³/mol.